The van der Waals surface area contributed by atoms with Gasteiger partial charge in [-0.3, -0.25) is 9.59 Å². The Morgan fingerprint density at radius 3 is 2.52 bits per heavy atom. The summed E-state index contributed by atoms with van der Waals surface area (Å²) in [6, 6.07) is 12.7. The van der Waals surface area contributed by atoms with E-state index in [-0.39, 0.29) is 17.2 Å². The van der Waals surface area contributed by atoms with Crippen LogP contribution in [0.25, 0.3) is 5.69 Å². The lowest BCUT2D eigenvalue weighted by molar-refractivity contribution is 0.0775. The van der Waals surface area contributed by atoms with Gasteiger partial charge in [0, 0.05) is 38.0 Å². The lowest BCUT2D eigenvalue weighted by Crippen LogP contribution is -2.31. The van der Waals surface area contributed by atoms with Gasteiger partial charge in [-0.2, -0.15) is 10.2 Å². The number of hydrogen-bond acceptors (Lipinski definition) is 5. The largest absolute Gasteiger partial charge is 0.383 e. The fourth-order valence-electron chi connectivity index (χ4n) is 3.13. The standard InChI is InChI=1S/C21H25N5O3/c1-15-18(16(2)26(22-15)17-8-6-5-7-9-17)14-24(3)21(28)19-10-11-20(27)25(23-19)12-13-29-4/h5-11H,12-14H2,1-4H3. The van der Waals surface area contributed by atoms with Crippen molar-refractivity contribution < 1.29 is 9.53 Å². The normalized spacial score (nSPS) is 10.9. The highest BCUT2D eigenvalue weighted by molar-refractivity contribution is 5.91. The summed E-state index contributed by atoms with van der Waals surface area (Å²) in [4.78, 5) is 26.4. The number of nitrogens with zero attached hydrogens (tertiary/aromatic N) is 5. The molecule has 8 heteroatoms. The van der Waals surface area contributed by atoms with Crippen molar-refractivity contribution >= 4 is 5.91 Å². The van der Waals surface area contributed by atoms with Crippen LogP contribution in [0.2, 0.25) is 0 Å². The van der Waals surface area contributed by atoms with E-state index in [9.17, 15) is 9.59 Å². The van der Waals surface area contributed by atoms with Crippen molar-refractivity contribution in [1.82, 2.24) is 24.5 Å². The number of carbonyl (C=O) groups is 1. The monoisotopic (exact) mass is 395 g/mol. The van der Waals surface area contributed by atoms with Gasteiger partial charge in [0.25, 0.3) is 11.5 Å². The molecule has 3 aromatic rings. The van der Waals surface area contributed by atoms with Gasteiger partial charge >= 0.3 is 0 Å². The molecule has 1 aromatic carbocycles. The average molecular weight is 395 g/mol. The lowest BCUT2D eigenvalue weighted by atomic mass is 10.2. The zero-order valence-electron chi connectivity index (χ0n) is 17.1. The number of para-hydroxylation sites is 1. The minimum atomic E-state index is -0.267. The SMILES string of the molecule is COCCn1nc(C(=O)N(C)Cc2c(C)nn(-c3ccccc3)c2C)ccc1=O. The van der Waals surface area contributed by atoms with Crippen molar-refractivity contribution in [1.29, 1.82) is 0 Å². The van der Waals surface area contributed by atoms with Crippen molar-refractivity contribution in [2.75, 3.05) is 20.8 Å². The fourth-order valence-corrected chi connectivity index (χ4v) is 3.13. The summed E-state index contributed by atoms with van der Waals surface area (Å²) in [5.41, 5.74) is 3.75. The second-order valence-corrected chi connectivity index (χ2v) is 6.83. The molecule has 0 N–H and O–H groups in total. The van der Waals surface area contributed by atoms with Crippen LogP contribution in [0.15, 0.2) is 47.3 Å². The molecule has 0 atom stereocenters. The molecule has 0 aliphatic carbocycles. The summed E-state index contributed by atoms with van der Waals surface area (Å²) >= 11 is 0. The first-order valence-corrected chi connectivity index (χ1v) is 9.35. The lowest BCUT2D eigenvalue weighted by Gasteiger charge is -2.17. The summed E-state index contributed by atoms with van der Waals surface area (Å²) in [6.07, 6.45) is 0. The highest BCUT2D eigenvalue weighted by Crippen LogP contribution is 2.19. The Labute approximate surface area is 169 Å². The second-order valence-electron chi connectivity index (χ2n) is 6.83. The smallest absolute Gasteiger partial charge is 0.274 e. The molecule has 0 aliphatic rings. The highest BCUT2D eigenvalue weighted by atomic mass is 16.5. The quantitative estimate of drug-likeness (QED) is 0.611. The molecular formula is C21H25N5O3. The third kappa shape index (κ3) is 4.43. The van der Waals surface area contributed by atoms with Gasteiger partial charge in [0.2, 0.25) is 0 Å². The van der Waals surface area contributed by atoms with E-state index in [1.54, 1.807) is 19.1 Å². The molecule has 0 fully saturated rings. The maximum absolute atomic E-state index is 12.9. The van der Waals surface area contributed by atoms with Gasteiger partial charge in [-0.25, -0.2) is 9.36 Å². The maximum Gasteiger partial charge on any atom is 0.274 e. The predicted octanol–water partition coefficient (Wildman–Crippen LogP) is 1.96. The second kappa shape index (κ2) is 8.83. The van der Waals surface area contributed by atoms with Crippen molar-refractivity contribution in [2.45, 2.75) is 26.9 Å². The summed E-state index contributed by atoms with van der Waals surface area (Å²) in [5, 5.41) is 8.81. The van der Waals surface area contributed by atoms with E-state index in [1.807, 2.05) is 48.9 Å². The van der Waals surface area contributed by atoms with Crippen LogP contribution in [-0.2, 0) is 17.8 Å². The Balaban J connectivity index is 1.82. The van der Waals surface area contributed by atoms with Gasteiger partial charge < -0.3 is 9.64 Å². The third-order valence-corrected chi connectivity index (χ3v) is 4.78. The van der Waals surface area contributed by atoms with E-state index in [1.165, 1.54) is 16.8 Å². The van der Waals surface area contributed by atoms with E-state index >= 15 is 0 Å². The average Bonchev–Trinajstić information content (AvgIpc) is 3.01. The fraction of sp³-hybridized carbons (Fsp3) is 0.333. The van der Waals surface area contributed by atoms with E-state index in [0.717, 1.165) is 22.6 Å². The van der Waals surface area contributed by atoms with Crippen LogP contribution in [0.1, 0.15) is 27.4 Å². The van der Waals surface area contributed by atoms with Gasteiger partial charge in [0.1, 0.15) is 5.69 Å². The van der Waals surface area contributed by atoms with Gasteiger partial charge in [-0.05, 0) is 32.0 Å². The van der Waals surface area contributed by atoms with Crippen LogP contribution in [-0.4, -0.2) is 51.1 Å². The van der Waals surface area contributed by atoms with E-state index in [0.29, 0.717) is 19.7 Å². The molecule has 8 nitrogen and oxygen atoms in total. The molecule has 152 valence electrons. The molecule has 0 spiro atoms. The predicted molar refractivity (Wildman–Crippen MR) is 109 cm³/mol. The zero-order valence-corrected chi connectivity index (χ0v) is 17.1. The Kier molecular flexibility index (Phi) is 6.23. The molecule has 29 heavy (non-hydrogen) atoms. The van der Waals surface area contributed by atoms with Gasteiger partial charge in [0.05, 0.1) is 24.5 Å². The molecule has 0 saturated carbocycles. The molecule has 2 heterocycles. The van der Waals surface area contributed by atoms with Crippen molar-refractivity contribution in [3.63, 3.8) is 0 Å². The number of benzene rings is 1. The first kappa shape index (κ1) is 20.5. The van der Waals surface area contributed by atoms with Gasteiger partial charge in [0.15, 0.2) is 0 Å². The number of amides is 1. The van der Waals surface area contributed by atoms with Crippen LogP contribution in [0.5, 0.6) is 0 Å². The summed E-state index contributed by atoms with van der Waals surface area (Å²) in [7, 11) is 3.27. The highest BCUT2D eigenvalue weighted by Gasteiger charge is 2.19. The number of methoxy groups -OCH3 is 1. The number of rotatable bonds is 7. The zero-order chi connectivity index (χ0) is 21.0. The van der Waals surface area contributed by atoms with Crippen LogP contribution in [0.4, 0.5) is 0 Å². The third-order valence-electron chi connectivity index (χ3n) is 4.78. The Bertz CT molecular complexity index is 1060. The molecule has 0 unspecified atom stereocenters. The number of aryl methyl sites for hydroxylation is 1. The Morgan fingerprint density at radius 2 is 1.83 bits per heavy atom. The maximum atomic E-state index is 12.9. The van der Waals surface area contributed by atoms with Crippen LogP contribution in [0, 0.1) is 13.8 Å². The first-order chi connectivity index (χ1) is 13.9. The number of carbonyl (C=O) groups excluding carboxylic acids is 1. The minimum Gasteiger partial charge on any atom is -0.383 e. The molecule has 3 rings (SSSR count). The molecule has 0 bridgehead atoms. The summed E-state index contributed by atoms with van der Waals surface area (Å²) in [6.45, 7) is 4.95. The van der Waals surface area contributed by atoms with Crippen molar-refractivity contribution in [2.24, 2.45) is 0 Å². The number of ether oxygens (including phenoxy) is 1. The van der Waals surface area contributed by atoms with Gasteiger partial charge in [-0.1, -0.05) is 18.2 Å². The summed E-state index contributed by atoms with van der Waals surface area (Å²) < 4.78 is 8.11. The van der Waals surface area contributed by atoms with E-state index in [2.05, 4.69) is 10.2 Å². The Morgan fingerprint density at radius 1 is 1.10 bits per heavy atom. The Hall–Kier alpha value is -3.26. The molecule has 0 radical (unpaired) electrons. The van der Waals surface area contributed by atoms with E-state index in [4.69, 9.17) is 4.74 Å². The van der Waals surface area contributed by atoms with Crippen molar-refractivity contribution in [3.8, 4) is 5.69 Å². The van der Waals surface area contributed by atoms with E-state index < -0.39 is 0 Å². The van der Waals surface area contributed by atoms with Crippen molar-refractivity contribution in [3.05, 3.63) is 75.5 Å². The molecular weight excluding hydrogens is 370 g/mol. The van der Waals surface area contributed by atoms with Crippen LogP contribution in [0.3, 0.4) is 0 Å². The minimum absolute atomic E-state index is 0.217. The molecule has 1 amide bonds. The number of aromatic nitrogens is 4. The molecule has 2 aromatic heterocycles. The van der Waals surface area contributed by atoms with Crippen LogP contribution >= 0.6 is 0 Å². The summed E-state index contributed by atoms with van der Waals surface area (Å²) in [5.74, 6) is -0.262. The van der Waals surface area contributed by atoms with Crippen LogP contribution < -0.4 is 5.56 Å². The topological polar surface area (TPSA) is 82.2 Å². The molecule has 0 aliphatic heterocycles. The molecule has 0 saturated heterocycles. The number of hydrogen-bond donors (Lipinski definition) is 0. The van der Waals surface area contributed by atoms with Gasteiger partial charge in [-0.15, -0.1) is 0 Å². The first-order valence-electron chi connectivity index (χ1n) is 9.35.